The Hall–Kier alpha value is -1.19. The minimum atomic E-state index is 0.591. The van der Waals surface area contributed by atoms with Crippen LogP contribution in [0.25, 0.3) is 10.6 Å². The molecule has 0 saturated carbocycles. The second-order valence-corrected chi connectivity index (χ2v) is 6.18. The molecule has 0 amide bonds. The van der Waals surface area contributed by atoms with Crippen molar-refractivity contribution in [2.45, 2.75) is 32.7 Å². The molecule has 0 fully saturated rings. The van der Waals surface area contributed by atoms with Crippen molar-refractivity contribution < 1.29 is 0 Å². The summed E-state index contributed by atoms with van der Waals surface area (Å²) in [5.74, 6) is 0.591. The van der Waals surface area contributed by atoms with Crippen molar-refractivity contribution >= 4 is 11.3 Å². The molecule has 0 aliphatic carbocycles. The maximum absolute atomic E-state index is 4.77. The van der Waals surface area contributed by atoms with Gasteiger partial charge in [-0.05, 0) is 11.5 Å². The highest BCUT2D eigenvalue weighted by Crippen LogP contribution is 2.30. The van der Waals surface area contributed by atoms with E-state index in [1.165, 1.54) is 26.7 Å². The van der Waals surface area contributed by atoms with Gasteiger partial charge in [0.1, 0.15) is 5.01 Å². The first kappa shape index (κ1) is 11.9. The molecule has 0 spiro atoms. The van der Waals surface area contributed by atoms with E-state index < -0.39 is 0 Å². The Bertz CT molecular complexity index is 517. The van der Waals surface area contributed by atoms with Gasteiger partial charge >= 0.3 is 0 Å². The Balaban J connectivity index is 1.92. The first-order chi connectivity index (χ1) is 8.74. The standard InChI is InChI=1S/C15H18N2S/c1-10(2)11-3-5-12(6-4-11)15-17-13-7-8-16-9-14(13)18-15/h3-6,10,16H,7-9H2,1-2H3. The molecule has 0 bridgehead atoms. The van der Waals surface area contributed by atoms with E-state index in [0.29, 0.717) is 5.92 Å². The van der Waals surface area contributed by atoms with Crippen molar-refractivity contribution in [3.05, 3.63) is 40.4 Å². The average Bonchev–Trinajstić information content (AvgIpc) is 2.82. The Kier molecular flexibility index (Phi) is 3.18. The van der Waals surface area contributed by atoms with Gasteiger partial charge in [-0.2, -0.15) is 0 Å². The van der Waals surface area contributed by atoms with E-state index in [9.17, 15) is 0 Å². The summed E-state index contributed by atoms with van der Waals surface area (Å²) in [6.07, 6.45) is 1.07. The lowest BCUT2D eigenvalue weighted by Crippen LogP contribution is -2.22. The average molecular weight is 258 g/mol. The maximum Gasteiger partial charge on any atom is 0.123 e. The normalized spacial score (nSPS) is 14.8. The SMILES string of the molecule is CC(C)c1ccc(-c2nc3c(s2)CNCC3)cc1. The largest absolute Gasteiger partial charge is 0.311 e. The zero-order chi connectivity index (χ0) is 12.5. The van der Waals surface area contributed by atoms with Gasteiger partial charge in [-0.1, -0.05) is 38.1 Å². The molecule has 0 saturated heterocycles. The zero-order valence-corrected chi connectivity index (χ0v) is 11.7. The summed E-state index contributed by atoms with van der Waals surface area (Å²) in [5.41, 5.74) is 3.93. The molecule has 1 aliphatic rings. The molecule has 1 aliphatic heterocycles. The quantitative estimate of drug-likeness (QED) is 0.890. The smallest absolute Gasteiger partial charge is 0.123 e. The summed E-state index contributed by atoms with van der Waals surface area (Å²) in [4.78, 5) is 6.18. The van der Waals surface area contributed by atoms with Crippen LogP contribution in [0.2, 0.25) is 0 Å². The van der Waals surface area contributed by atoms with Crippen LogP contribution in [0.4, 0.5) is 0 Å². The number of nitrogens with one attached hydrogen (secondary N) is 1. The van der Waals surface area contributed by atoms with Crippen LogP contribution in [-0.2, 0) is 13.0 Å². The third-order valence-electron chi connectivity index (χ3n) is 3.43. The van der Waals surface area contributed by atoms with E-state index in [4.69, 9.17) is 4.98 Å². The molecular weight excluding hydrogens is 240 g/mol. The highest BCUT2D eigenvalue weighted by atomic mass is 32.1. The molecule has 1 N–H and O–H groups in total. The van der Waals surface area contributed by atoms with E-state index >= 15 is 0 Å². The third-order valence-corrected chi connectivity index (χ3v) is 4.57. The number of fused-ring (bicyclic) bond motifs is 1. The molecular formula is C15H18N2S. The van der Waals surface area contributed by atoms with Crippen molar-refractivity contribution in [3.63, 3.8) is 0 Å². The van der Waals surface area contributed by atoms with Crippen LogP contribution in [0.1, 0.15) is 35.9 Å². The van der Waals surface area contributed by atoms with Gasteiger partial charge in [0.15, 0.2) is 0 Å². The Labute approximate surface area is 112 Å². The van der Waals surface area contributed by atoms with Crippen molar-refractivity contribution in [2.24, 2.45) is 0 Å². The number of rotatable bonds is 2. The first-order valence-corrected chi connectivity index (χ1v) is 7.35. The van der Waals surface area contributed by atoms with E-state index in [1.54, 1.807) is 0 Å². The van der Waals surface area contributed by atoms with Gasteiger partial charge in [0.2, 0.25) is 0 Å². The molecule has 2 nitrogen and oxygen atoms in total. The van der Waals surface area contributed by atoms with Gasteiger partial charge in [0.05, 0.1) is 5.69 Å². The number of thiazole rings is 1. The van der Waals surface area contributed by atoms with Gasteiger partial charge in [-0.3, -0.25) is 0 Å². The second-order valence-electron chi connectivity index (χ2n) is 5.09. The number of aromatic nitrogens is 1. The lowest BCUT2D eigenvalue weighted by atomic mass is 10.0. The fourth-order valence-electron chi connectivity index (χ4n) is 2.26. The van der Waals surface area contributed by atoms with Crippen molar-refractivity contribution in [1.82, 2.24) is 10.3 Å². The summed E-state index contributed by atoms with van der Waals surface area (Å²) in [6, 6.07) is 8.84. The minimum absolute atomic E-state index is 0.591. The number of hydrogen-bond acceptors (Lipinski definition) is 3. The molecule has 1 aromatic carbocycles. The van der Waals surface area contributed by atoms with Gasteiger partial charge in [-0.15, -0.1) is 11.3 Å². The first-order valence-electron chi connectivity index (χ1n) is 6.53. The van der Waals surface area contributed by atoms with Crippen molar-refractivity contribution in [1.29, 1.82) is 0 Å². The molecule has 2 aromatic rings. The number of benzene rings is 1. The minimum Gasteiger partial charge on any atom is -0.311 e. The van der Waals surface area contributed by atoms with E-state index in [2.05, 4.69) is 43.4 Å². The van der Waals surface area contributed by atoms with Crippen molar-refractivity contribution in [2.75, 3.05) is 6.54 Å². The monoisotopic (exact) mass is 258 g/mol. The molecule has 0 unspecified atom stereocenters. The Morgan fingerprint density at radius 2 is 2.00 bits per heavy atom. The summed E-state index contributed by atoms with van der Waals surface area (Å²) >= 11 is 1.83. The third kappa shape index (κ3) is 2.20. The summed E-state index contributed by atoms with van der Waals surface area (Å²) in [7, 11) is 0. The van der Waals surface area contributed by atoms with E-state index in [1.807, 2.05) is 11.3 Å². The van der Waals surface area contributed by atoms with Crippen LogP contribution in [-0.4, -0.2) is 11.5 Å². The molecule has 1 aromatic heterocycles. The highest BCUT2D eigenvalue weighted by molar-refractivity contribution is 7.15. The molecule has 0 atom stereocenters. The van der Waals surface area contributed by atoms with Crippen molar-refractivity contribution in [3.8, 4) is 10.6 Å². The van der Waals surface area contributed by atoms with Crippen LogP contribution in [0.5, 0.6) is 0 Å². The van der Waals surface area contributed by atoms with Gasteiger partial charge in [0, 0.05) is 30.0 Å². The lowest BCUT2D eigenvalue weighted by Gasteiger charge is -2.09. The van der Waals surface area contributed by atoms with Crippen LogP contribution in [0.15, 0.2) is 24.3 Å². The molecule has 18 heavy (non-hydrogen) atoms. The second kappa shape index (κ2) is 4.82. The highest BCUT2D eigenvalue weighted by Gasteiger charge is 2.15. The van der Waals surface area contributed by atoms with Crippen LogP contribution >= 0.6 is 11.3 Å². The molecule has 2 heterocycles. The van der Waals surface area contributed by atoms with Gasteiger partial charge in [0.25, 0.3) is 0 Å². The molecule has 3 heteroatoms. The Morgan fingerprint density at radius 3 is 2.67 bits per heavy atom. The summed E-state index contributed by atoms with van der Waals surface area (Å²) in [5, 5.41) is 4.57. The van der Waals surface area contributed by atoms with Gasteiger partial charge in [-0.25, -0.2) is 4.98 Å². The van der Waals surface area contributed by atoms with Gasteiger partial charge < -0.3 is 5.32 Å². The predicted molar refractivity (Wildman–Crippen MR) is 77.0 cm³/mol. The molecule has 0 radical (unpaired) electrons. The predicted octanol–water partition coefficient (Wildman–Crippen LogP) is 3.58. The lowest BCUT2D eigenvalue weighted by molar-refractivity contribution is 0.644. The number of hydrogen-bond donors (Lipinski definition) is 1. The van der Waals surface area contributed by atoms with Crippen LogP contribution in [0.3, 0.4) is 0 Å². The number of nitrogens with zero attached hydrogens (tertiary/aromatic N) is 1. The molecule has 94 valence electrons. The fourth-order valence-corrected chi connectivity index (χ4v) is 3.34. The maximum atomic E-state index is 4.77. The van der Waals surface area contributed by atoms with Crippen LogP contribution < -0.4 is 5.32 Å². The van der Waals surface area contributed by atoms with Crippen LogP contribution in [0, 0.1) is 0 Å². The molecule has 3 rings (SSSR count). The summed E-state index contributed by atoms with van der Waals surface area (Å²) in [6.45, 7) is 6.49. The van der Waals surface area contributed by atoms with E-state index in [-0.39, 0.29) is 0 Å². The van der Waals surface area contributed by atoms with E-state index in [0.717, 1.165) is 19.5 Å². The zero-order valence-electron chi connectivity index (χ0n) is 10.9. The fraction of sp³-hybridized carbons (Fsp3) is 0.400. The Morgan fingerprint density at radius 1 is 1.22 bits per heavy atom. The summed E-state index contributed by atoms with van der Waals surface area (Å²) < 4.78 is 0. The topological polar surface area (TPSA) is 24.9 Å².